The van der Waals surface area contributed by atoms with Gasteiger partial charge < -0.3 is 19.7 Å². The molecule has 2 amide bonds. The fourth-order valence-electron chi connectivity index (χ4n) is 3.04. The average Bonchev–Trinajstić information content (AvgIpc) is 3.04. The summed E-state index contributed by atoms with van der Waals surface area (Å²) in [4.78, 5) is 26.9. The van der Waals surface area contributed by atoms with Crippen LogP contribution in [0.2, 0.25) is 0 Å². The van der Waals surface area contributed by atoms with Crippen LogP contribution >= 0.6 is 0 Å². The molecular weight excluding hydrogens is 332 g/mol. The summed E-state index contributed by atoms with van der Waals surface area (Å²) in [6, 6.07) is 12.8. The maximum Gasteiger partial charge on any atom is 0.239 e. The Morgan fingerprint density at radius 1 is 1.08 bits per heavy atom. The minimum absolute atomic E-state index is 0.207. The van der Waals surface area contributed by atoms with Crippen molar-refractivity contribution in [3.05, 3.63) is 48.0 Å². The lowest BCUT2D eigenvalue weighted by molar-refractivity contribution is -0.129. The van der Waals surface area contributed by atoms with Crippen molar-refractivity contribution < 1.29 is 19.1 Å². The molecule has 136 valence electrons. The van der Waals surface area contributed by atoms with E-state index in [0.717, 1.165) is 5.56 Å². The zero-order valence-electron chi connectivity index (χ0n) is 15.1. The molecule has 6 nitrogen and oxygen atoms in total. The number of carbonyl (C=O) groups excluding carboxylic acids is 2. The lowest BCUT2D eigenvalue weighted by Gasteiger charge is -2.18. The SMILES string of the molecule is COc1ccc(N2CCC(C(=O)Nc3ccc(C)cc3)C2=O)cc1OC. The molecule has 1 saturated heterocycles. The Kier molecular flexibility index (Phi) is 5.11. The monoisotopic (exact) mass is 354 g/mol. The minimum Gasteiger partial charge on any atom is -0.493 e. The molecule has 26 heavy (non-hydrogen) atoms. The minimum atomic E-state index is -0.690. The Hall–Kier alpha value is -3.02. The number of nitrogens with zero attached hydrogens (tertiary/aromatic N) is 1. The number of amides is 2. The highest BCUT2D eigenvalue weighted by atomic mass is 16.5. The van der Waals surface area contributed by atoms with Crippen LogP contribution in [0.15, 0.2) is 42.5 Å². The molecule has 0 radical (unpaired) electrons. The number of hydrogen-bond acceptors (Lipinski definition) is 4. The fraction of sp³-hybridized carbons (Fsp3) is 0.300. The van der Waals surface area contributed by atoms with E-state index in [0.29, 0.717) is 35.8 Å². The molecule has 3 rings (SSSR count). The van der Waals surface area contributed by atoms with Crippen LogP contribution in [0.1, 0.15) is 12.0 Å². The van der Waals surface area contributed by atoms with Crippen LogP contribution in [0, 0.1) is 12.8 Å². The van der Waals surface area contributed by atoms with E-state index in [4.69, 9.17) is 9.47 Å². The standard InChI is InChI=1S/C20H22N2O4/c1-13-4-6-14(7-5-13)21-19(23)16-10-11-22(20(16)24)15-8-9-17(25-2)18(12-15)26-3/h4-9,12,16H,10-11H2,1-3H3,(H,21,23). The fourth-order valence-corrected chi connectivity index (χ4v) is 3.04. The molecule has 0 spiro atoms. The molecule has 0 bridgehead atoms. The van der Waals surface area contributed by atoms with E-state index in [2.05, 4.69) is 5.32 Å². The van der Waals surface area contributed by atoms with Gasteiger partial charge in [0.15, 0.2) is 11.5 Å². The number of carbonyl (C=O) groups is 2. The molecule has 1 N–H and O–H groups in total. The smallest absolute Gasteiger partial charge is 0.239 e. The van der Waals surface area contributed by atoms with E-state index in [1.807, 2.05) is 31.2 Å². The van der Waals surface area contributed by atoms with E-state index >= 15 is 0 Å². The Labute approximate surface area is 152 Å². The third kappa shape index (κ3) is 3.49. The van der Waals surface area contributed by atoms with Crippen LogP contribution in [-0.4, -0.2) is 32.6 Å². The van der Waals surface area contributed by atoms with Gasteiger partial charge in [-0.2, -0.15) is 0 Å². The summed E-state index contributed by atoms with van der Waals surface area (Å²) < 4.78 is 10.5. The van der Waals surface area contributed by atoms with Gasteiger partial charge in [0, 0.05) is 24.0 Å². The zero-order chi connectivity index (χ0) is 18.7. The highest BCUT2D eigenvalue weighted by molar-refractivity contribution is 6.13. The number of methoxy groups -OCH3 is 2. The Morgan fingerprint density at radius 2 is 1.77 bits per heavy atom. The van der Waals surface area contributed by atoms with E-state index in [1.54, 1.807) is 37.3 Å². The molecule has 6 heteroatoms. The van der Waals surface area contributed by atoms with Crippen LogP contribution in [0.4, 0.5) is 11.4 Å². The lowest BCUT2D eigenvalue weighted by atomic mass is 10.1. The summed E-state index contributed by atoms with van der Waals surface area (Å²) in [6.07, 6.45) is 0.477. The van der Waals surface area contributed by atoms with Gasteiger partial charge >= 0.3 is 0 Å². The average molecular weight is 354 g/mol. The molecular formula is C20H22N2O4. The molecule has 1 aliphatic rings. The first-order chi connectivity index (χ1) is 12.5. The third-order valence-corrected chi connectivity index (χ3v) is 4.52. The highest BCUT2D eigenvalue weighted by Crippen LogP contribution is 2.34. The van der Waals surface area contributed by atoms with Gasteiger partial charge in [-0.15, -0.1) is 0 Å². The van der Waals surface area contributed by atoms with Crippen LogP contribution in [0.5, 0.6) is 11.5 Å². The van der Waals surface area contributed by atoms with Crippen LogP contribution in [0.25, 0.3) is 0 Å². The van der Waals surface area contributed by atoms with E-state index < -0.39 is 5.92 Å². The topological polar surface area (TPSA) is 67.9 Å². The van der Waals surface area contributed by atoms with Crippen molar-refractivity contribution in [3.63, 3.8) is 0 Å². The molecule has 1 aliphatic heterocycles. The van der Waals surface area contributed by atoms with Crippen molar-refractivity contribution in [2.75, 3.05) is 31.0 Å². The Balaban J connectivity index is 1.73. The summed E-state index contributed by atoms with van der Waals surface area (Å²) in [6.45, 7) is 2.47. The Morgan fingerprint density at radius 3 is 2.42 bits per heavy atom. The molecule has 1 fully saturated rings. The number of anilines is 2. The third-order valence-electron chi connectivity index (χ3n) is 4.52. The molecule has 0 aromatic heterocycles. The lowest BCUT2D eigenvalue weighted by Crippen LogP contribution is -2.33. The van der Waals surface area contributed by atoms with Crippen LogP contribution in [0.3, 0.4) is 0 Å². The number of nitrogens with one attached hydrogen (secondary N) is 1. The quantitative estimate of drug-likeness (QED) is 0.838. The van der Waals surface area contributed by atoms with Gasteiger partial charge in [-0.1, -0.05) is 17.7 Å². The maximum atomic E-state index is 12.7. The van der Waals surface area contributed by atoms with Crippen molar-refractivity contribution in [1.82, 2.24) is 0 Å². The first-order valence-corrected chi connectivity index (χ1v) is 8.44. The summed E-state index contributed by atoms with van der Waals surface area (Å²) in [7, 11) is 3.11. The van der Waals surface area contributed by atoms with Crippen LogP contribution in [-0.2, 0) is 9.59 Å². The van der Waals surface area contributed by atoms with Gasteiger partial charge in [-0.25, -0.2) is 0 Å². The molecule has 1 unspecified atom stereocenters. The largest absolute Gasteiger partial charge is 0.493 e. The molecule has 0 saturated carbocycles. The number of ether oxygens (including phenoxy) is 2. The van der Waals surface area contributed by atoms with Crippen molar-refractivity contribution >= 4 is 23.2 Å². The predicted molar refractivity (Wildman–Crippen MR) is 99.8 cm³/mol. The van der Waals surface area contributed by atoms with Gasteiger partial charge in [0.25, 0.3) is 0 Å². The summed E-state index contributed by atoms with van der Waals surface area (Å²) >= 11 is 0. The van der Waals surface area contributed by atoms with Gasteiger partial charge in [-0.3, -0.25) is 9.59 Å². The van der Waals surface area contributed by atoms with Crippen molar-refractivity contribution in [3.8, 4) is 11.5 Å². The second-order valence-corrected chi connectivity index (χ2v) is 6.23. The van der Waals surface area contributed by atoms with E-state index in [-0.39, 0.29) is 11.8 Å². The van der Waals surface area contributed by atoms with Gasteiger partial charge in [-0.05, 0) is 37.6 Å². The second kappa shape index (κ2) is 7.47. The normalized spacial score (nSPS) is 16.5. The van der Waals surface area contributed by atoms with Crippen LogP contribution < -0.4 is 19.7 Å². The van der Waals surface area contributed by atoms with Crippen molar-refractivity contribution in [2.24, 2.45) is 5.92 Å². The number of hydrogen-bond donors (Lipinski definition) is 1. The molecule has 0 aliphatic carbocycles. The van der Waals surface area contributed by atoms with Crippen molar-refractivity contribution in [2.45, 2.75) is 13.3 Å². The zero-order valence-corrected chi connectivity index (χ0v) is 15.1. The highest BCUT2D eigenvalue weighted by Gasteiger charge is 2.37. The van der Waals surface area contributed by atoms with E-state index in [9.17, 15) is 9.59 Å². The molecule has 2 aromatic rings. The molecule has 1 heterocycles. The maximum absolute atomic E-state index is 12.7. The first-order valence-electron chi connectivity index (χ1n) is 8.44. The van der Waals surface area contributed by atoms with Gasteiger partial charge in [0.1, 0.15) is 5.92 Å². The number of aryl methyl sites for hydroxylation is 1. The second-order valence-electron chi connectivity index (χ2n) is 6.23. The Bertz CT molecular complexity index is 817. The summed E-state index contributed by atoms with van der Waals surface area (Å²) in [5.74, 6) is -0.0324. The number of rotatable bonds is 5. The molecule has 1 atom stereocenters. The summed E-state index contributed by atoms with van der Waals surface area (Å²) in [5.41, 5.74) is 2.50. The number of benzene rings is 2. The summed E-state index contributed by atoms with van der Waals surface area (Å²) in [5, 5.41) is 2.82. The van der Waals surface area contributed by atoms with E-state index in [1.165, 1.54) is 0 Å². The van der Waals surface area contributed by atoms with Gasteiger partial charge in [0.05, 0.1) is 14.2 Å². The van der Waals surface area contributed by atoms with Gasteiger partial charge in [0.2, 0.25) is 11.8 Å². The van der Waals surface area contributed by atoms with Crippen molar-refractivity contribution in [1.29, 1.82) is 0 Å². The predicted octanol–water partition coefficient (Wildman–Crippen LogP) is 3.00. The molecule has 2 aromatic carbocycles. The first kappa shape index (κ1) is 17.8.